The average molecular weight is 267 g/mol. The smallest absolute Gasteiger partial charge is 0.111 e. The molecule has 3 rings (SSSR count). The van der Waals surface area contributed by atoms with Crippen LogP contribution in [0, 0.1) is 0 Å². The summed E-state index contributed by atoms with van der Waals surface area (Å²) in [5.74, 6) is 1.32. The maximum atomic E-state index is 5.82. The summed E-state index contributed by atoms with van der Waals surface area (Å²) in [6.45, 7) is 3.75. The second-order valence-electron chi connectivity index (χ2n) is 5.02. The van der Waals surface area contributed by atoms with E-state index in [1.807, 2.05) is 12.5 Å². The summed E-state index contributed by atoms with van der Waals surface area (Å²) < 4.78 is 8.11. The molecule has 18 heavy (non-hydrogen) atoms. The van der Waals surface area contributed by atoms with Gasteiger partial charge in [-0.25, -0.2) is 4.98 Å². The Morgan fingerprint density at radius 3 is 3.28 bits per heavy atom. The van der Waals surface area contributed by atoms with Crippen LogP contribution in [0.3, 0.4) is 0 Å². The van der Waals surface area contributed by atoms with Gasteiger partial charge in [-0.2, -0.15) is 11.8 Å². The third kappa shape index (κ3) is 2.90. The lowest BCUT2D eigenvalue weighted by Gasteiger charge is -2.27. The Morgan fingerprint density at radius 1 is 1.50 bits per heavy atom. The highest BCUT2D eigenvalue weighted by molar-refractivity contribution is 7.99. The number of nitrogens with one attached hydrogen (secondary N) is 1. The van der Waals surface area contributed by atoms with E-state index in [9.17, 15) is 0 Å². The molecule has 2 atom stereocenters. The number of imidazole rings is 1. The van der Waals surface area contributed by atoms with Gasteiger partial charge in [0.05, 0.1) is 24.8 Å². The van der Waals surface area contributed by atoms with Gasteiger partial charge in [-0.3, -0.25) is 0 Å². The monoisotopic (exact) mass is 267 g/mol. The SMILES string of the molecule is c1ncn(CC2CCCCS2)c1C1CNCCO1. The molecule has 1 aromatic heterocycles. The summed E-state index contributed by atoms with van der Waals surface area (Å²) >= 11 is 2.11. The molecule has 2 aliphatic rings. The van der Waals surface area contributed by atoms with Gasteiger partial charge >= 0.3 is 0 Å². The Hall–Kier alpha value is -0.520. The molecular formula is C13H21N3OS. The largest absolute Gasteiger partial charge is 0.369 e. The topological polar surface area (TPSA) is 39.1 Å². The number of nitrogens with zero attached hydrogens (tertiary/aromatic N) is 2. The van der Waals surface area contributed by atoms with E-state index in [1.54, 1.807) is 0 Å². The Morgan fingerprint density at radius 2 is 2.50 bits per heavy atom. The van der Waals surface area contributed by atoms with Gasteiger partial charge in [0.25, 0.3) is 0 Å². The molecule has 3 heterocycles. The van der Waals surface area contributed by atoms with Crippen LogP contribution in [0.2, 0.25) is 0 Å². The zero-order valence-electron chi connectivity index (χ0n) is 10.7. The van der Waals surface area contributed by atoms with Gasteiger partial charge in [0.2, 0.25) is 0 Å². The van der Waals surface area contributed by atoms with E-state index >= 15 is 0 Å². The minimum absolute atomic E-state index is 0.176. The molecular weight excluding hydrogens is 246 g/mol. The lowest BCUT2D eigenvalue weighted by molar-refractivity contribution is 0.0227. The van der Waals surface area contributed by atoms with Crippen molar-refractivity contribution in [2.45, 2.75) is 37.2 Å². The Bertz CT molecular complexity index is 370. The van der Waals surface area contributed by atoms with Crippen molar-refractivity contribution in [2.75, 3.05) is 25.4 Å². The molecule has 2 fully saturated rings. The molecule has 2 unspecified atom stereocenters. The highest BCUT2D eigenvalue weighted by Gasteiger charge is 2.21. The maximum Gasteiger partial charge on any atom is 0.111 e. The molecule has 0 amide bonds. The highest BCUT2D eigenvalue weighted by atomic mass is 32.2. The van der Waals surface area contributed by atoms with Crippen molar-refractivity contribution in [3.8, 4) is 0 Å². The molecule has 0 radical (unpaired) electrons. The first-order valence-corrected chi connectivity index (χ1v) is 7.92. The van der Waals surface area contributed by atoms with Crippen LogP contribution in [0.15, 0.2) is 12.5 Å². The molecule has 0 aromatic carbocycles. The predicted molar refractivity (Wildman–Crippen MR) is 73.9 cm³/mol. The highest BCUT2D eigenvalue weighted by Crippen LogP contribution is 2.28. The predicted octanol–water partition coefficient (Wildman–Crippen LogP) is 1.83. The summed E-state index contributed by atoms with van der Waals surface area (Å²) in [6.07, 6.45) is 8.20. The molecule has 1 aromatic rings. The van der Waals surface area contributed by atoms with E-state index in [0.29, 0.717) is 0 Å². The van der Waals surface area contributed by atoms with E-state index in [-0.39, 0.29) is 6.10 Å². The van der Waals surface area contributed by atoms with Crippen LogP contribution in [0.25, 0.3) is 0 Å². The first-order chi connectivity index (χ1) is 8.93. The molecule has 1 N–H and O–H groups in total. The number of rotatable bonds is 3. The molecule has 5 heteroatoms. The molecule has 0 bridgehead atoms. The number of hydrogen-bond acceptors (Lipinski definition) is 4. The average Bonchev–Trinajstić information content (AvgIpc) is 2.89. The van der Waals surface area contributed by atoms with Crippen LogP contribution in [-0.4, -0.2) is 40.3 Å². The number of thioether (sulfide) groups is 1. The molecule has 0 spiro atoms. The van der Waals surface area contributed by atoms with Crippen molar-refractivity contribution < 1.29 is 4.74 Å². The maximum absolute atomic E-state index is 5.82. The summed E-state index contributed by atoms with van der Waals surface area (Å²) in [4.78, 5) is 4.31. The van der Waals surface area contributed by atoms with Crippen LogP contribution in [0.4, 0.5) is 0 Å². The first kappa shape index (κ1) is 12.5. The van der Waals surface area contributed by atoms with Crippen molar-refractivity contribution in [3.63, 3.8) is 0 Å². The summed E-state index contributed by atoms with van der Waals surface area (Å²) in [6, 6.07) is 0. The molecule has 0 aliphatic carbocycles. The standard InChI is InChI=1S/C13H21N3OS/c1-2-6-18-11(3-1)9-16-10-15-7-12(16)13-8-14-4-5-17-13/h7,10-11,13-14H,1-6,8-9H2. The van der Waals surface area contributed by atoms with Crippen molar-refractivity contribution in [3.05, 3.63) is 18.2 Å². The van der Waals surface area contributed by atoms with Crippen molar-refractivity contribution in [2.24, 2.45) is 0 Å². The quantitative estimate of drug-likeness (QED) is 0.907. The van der Waals surface area contributed by atoms with Gasteiger partial charge in [0.15, 0.2) is 0 Å². The number of morpholine rings is 1. The lowest BCUT2D eigenvalue weighted by Crippen LogP contribution is -2.34. The van der Waals surface area contributed by atoms with E-state index < -0.39 is 0 Å². The van der Waals surface area contributed by atoms with Gasteiger partial charge in [0.1, 0.15) is 6.10 Å². The minimum atomic E-state index is 0.176. The zero-order valence-corrected chi connectivity index (χ0v) is 11.5. The van der Waals surface area contributed by atoms with Gasteiger partial charge in [-0.15, -0.1) is 0 Å². The van der Waals surface area contributed by atoms with Crippen LogP contribution in [-0.2, 0) is 11.3 Å². The normalized spacial score (nSPS) is 29.3. The van der Waals surface area contributed by atoms with E-state index in [2.05, 4.69) is 26.6 Å². The van der Waals surface area contributed by atoms with E-state index in [0.717, 1.165) is 31.5 Å². The van der Waals surface area contributed by atoms with Crippen molar-refractivity contribution >= 4 is 11.8 Å². The van der Waals surface area contributed by atoms with Gasteiger partial charge in [0, 0.05) is 24.9 Å². The molecule has 100 valence electrons. The van der Waals surface area contributed by atoms with Crippen molar-refractivity contribution in [1.29, 1.82) is 0 Å². The Labute approximate surface area is 112 Å². The Kier molecular flexibility index (Phi) is 4.23. The van der Waals surface area contributed by atoms with E-state index in [4.69, 9.17) is 4.74 Å². The van der Waals surface area contributed by atoms with E-state index in [1.165, 1.54) is 30.7 Å². The first-order valence-electron chi connectivity index (χ1n) is 6.87. The molecule has 2 aliphatic heterocycles. The number of aromatic nitrogens is 2. The van der Waals surface area contributed by atoms with Crippen LogP contribution >= 0.6 is 11.8 Å². The zero-order chi connectivity index (χ0) is 12.2. The molecule has 0 saturated carbocycles. The second kappa shape index (κ2) is 6.08. The fourth-order valence-corrected chi connectivity index (χ4v) is 3.98. The summed E-state index contributed by atoms with van der Waals surface area (Å²) in [5.41, 5.74) is 1.23. The van der Waals surface area contributed by atoms with Crippen molar-refractivity contribution in [1.82, 2.24) is 14.9 Å². The lowest BCUT2D eigenvalue weighted by atomic mass is 10.2. The Balaban J connectivity index is 1.66. The van der Waals surface area contributed by atoms with Gasteiger partial charge < -0.3 is 14.6 Å². The third-order valence-corrected chi connectivity index (χ3v) is 5.06. The van der Waals surface area contributed by atoms with Gasteiger partial charge in [-0.05, 0) is 18.6 Å². The van der Waals surface area contributed by atoms with Crippen LogP contribution in [0.5, 0.6) is 0 Å². The van der Waals surface area contributed by atoms with Crippen LogP contribution < -0.4 is 5.32 Å². The molecule has 4 nitrogen and oxygen atoms in total. The fourth-order valence-electron chi connectivity index (χ4n) is 2.68. The molecule has 2 saturated heterocycles. The second-order valence-corrected chi connectivity index (χ2v) is 6.43. The summed E-state index contributed by atoms with van der Waals surface area (Å²) in [5, 5.41) is 4.14. The summed E-state index contributed by atoms with van der Waals surface area (Å²) in [7, 11) is 0. The number of ether oxygens (including phenoxy) is 1. The number of hydrogen-bond donors (Lipinski definition) is 1. The third-order valence-electron chi connectivity index (χ3n) is 3.68. The minimum Gasteiger partial charge on any atom is -0.369 e. The fraction of sp³-hybridized carbons (Fsp3) is 0.769. The van der Waals surface area contributed by atoms with Gasteiger partial charge in [-0.1, -0.05) is 6.42 Å². The van der Waals surface area contributed by atoms with Crippen LogP contribution in [0.1, 0.15) is 31.1 Å².